The lowest BCUT2D eigenvalue weighted by Crippen LogP contribution is -2.20. The summed E-state index contributed by atoms with van der Waals surface area (Å²) >= 11 is 0. The molecular formula is C15H15N7O3. The molecule has 10 nitrogen and oxygen atoms in total. The number of nitrogens with zero attached hydrogens (tertiary/aromatic N) is 6. The number of anilines is 1. The molecule has 2 heterocycles. The number of rotatable bonds is 5. The van der Waals surface area contributed by atoms with Crippen molar-refractivity contribution in [2.24, 2.45) is 0 Å². The number of nitrogens with one attached hydrogen (secondary N) is 1. The molecule has 0 saturated carbocycles. The number of hydrogen-bond acceptors (Lipinski definition) is 6. The van der Waals surface area contributed by atoms with Crippen molar-refractivity contribution in [2.45, 2.75) is 20.4 Å². The van der Waals surface area contributed by atoms with E-state index in [4.69, 9.17) is 0 Å². The lowest BCUT2D eigenvalue weighted by atomic mass is 10.3. The monoisotopic (exact) mass is 341 g/mol. The van der Waals surface area contributed by atoms with E-state index in [0.29, 0.717) is 11.4 Å². The van der Waals surface area contributed by atoms with Crippen LogP contribution < -0.4 is 5.32 Å². The van der Waals surface area contributed by atoms with Crippen molar-refractivity contribution in [3.63, 3.8) is 0 Å². The van der Waals surface area contributed by atoms with E-state index in [1.807, 2.05) is 37.3 Å². The predicted molar refractivity (Wildman–Crippen MR) is 88.3 cm³/mol. The van der Waals surface area contributed by atoms with Gasteiger partial charge in [0, 0.05) is 5.10 Å². The van der Waals surface area contributed by atoms with Crippen molar-refractivity contribution in [3.8, 4) is 5.69 Å². The largest absolute Gasteiger partial charge is 0.490 e. The minimum Gasteiger partial charge on any atom is -0.390 e. The van der Waals surface area contributed by atoms with Gasteiger partial charge in [0.15, 0.2) is 0 Å². The highest BCUT2D eigenvalue weighted by atomic mass is 16.6. The molecule has 2 aromatic heterocycles. The topological polar surface area (TPSA) is 121 Å². The number of amides is 1. The normalized spacial score (nSPS) is 10.6. The molecule has 1 N–H and O–H groups in total. The number of nitro groups is 1. The van der Waals surface area contributed by atoms with E-state index in [9.17, 15) is 14.9 Å². The molecule has 0 unspecified atom stereocenters. The number of carbonyl (C=O) groups is 1. The van der Waals surface area contributed by atoms with Gasteiger partial charge in [-0.2, -0.15) is 9.78 Å². The van der Waals surface area contributed by atoms with Crippen molar-refractivity contribution >= 4 is 17.5 Å². The molecule has 0 atom stereocenters. The fraction of sp³-hybridized carbons (Fsp3) is 0.200. The third-order valence-corrected chi connectivity index (χ3v) is 3.55. The summed E-state index contributed by atoms with van der Waals surface area (Å²) in [4.78, 5) is 25.6. The minimum atomic E-state index is -0.716. The van der Waals surface area contributed by atoms with Crippen molar-refractivity contribution < 1.29 is 9.72 Å². The average molecular weight is 341 g/mol. The Morgan fingerprint density at radius 1 is 1.24 bits per heavy atom. The Bertz CT molecular complexity index is 930. The molecule has 25 heavy (non-hydrogen) atoms. The molecule has 0 saturated heterocycles. The van der Waals surface area contributed by atoms with Gasteiger partial charge in [0.1, 0.15) is 6.54 Å². The molecule has 0 aliphatic carbocycles. The Morgan fingerprint density at radius 2 is 1.96 bits per heavy atom. The molecule has 0 spiro atoms. The van der Waals surface area contributed by atoms with E-state index < -0.39 is 10.9 Å². The molecule has 128 valence electrons. The van der Waals surface area contributed by atoms with Crippen LogP contribution in [0.15, 0.2) is 36.7 Å². The average Bonchev–Trinajstić information content (AvgIpc) is 3.16. The Kier molecular flexibility index (Phi) is 4.25. The van der Waals surface area contributed by atoms with Crippen molar-refractivity contribution in [3.05, 3.63) is 58.2 Å². The summed E-state index contributed by atoms with van der Waals surface area (Å²) < 4.78 is 2.85. The molecule has 1 aromatic carbocycles. The maximum Gasteiger partial charge on any atom is 0.490 e. The summed E-state index contributed by atoms with van der Waals surface area (Å²) in [7, 11) is 0. The van der Waals surface area contributed by atoms with Crippen molar-refractivity contribution in [2.75, 3.05) is 5.32 Å². The van der Waals surface area contributed by atoms with Crippen LogP contribution in [0, 0.1) is 24.0 Å². The summed E-state index contributed by atoms with van der Waals surface area (Å²) in [5.41, 5.74) is 2.93. The Balaban J connectivity index is 1.77. The van der Waals surface area contributed by atoms with Crippen LogP contribution in [0.25, 0.3) is 5.69 Å². The molecule has 0 bridgehead atoms. The standard InChI is InChI=1S/C15H15N7O3/c1-10-14(11(2)21(18-10)12-6-4-3-5-7-12)17-13(23)8-20-9-16-15(19-20)22(24)25/h3-7,9H,8H2,1-2H3,(H,17,23). The lowest BCUT2D eigenvalue weighted by molar-refractivity contribution is -0.394. The summed E-state index contributed by atoms with van der Waals surface area (Å²) in [6, 6.07) is 9.55. The van der Waals surface area contributed by atoms with Crippen LogP contribution >= 0.6 is 0 Å². The predicted octanol–water partition coefficient (Wildman–Crippen LogP) is 1.63. The van der Waals surface area contributed by atoms with Crippen molar-refractivity contribution in [1.82, 2.24) is 24.5 Å². The van der Waals surface area contributed by atoms with Crippen LogP contribution in [0.3, 0.4) is 0 Å². The molecular weight excluding hydrogens is 326 g/mol. The van der Waals surface area contributed by atoms with Crippen LogP contribution in [-0.2, 0) is 11.3 Å². The zero-order chi connectivity index (χ0) is 18.0. The number of para-hydroxylation sites is 1. The Morgan fingerprint density at radius 3 is 2.60 bits per heavy atom. The fourth-order valence-electron chi connectivity index (χ4n) is 2.41. The van der Waals surface area contributed by atoms with Crippen LogP contribution in [0.2, 0.25) is 0 Å². The first-order valence-corrected chi connectivity index (χ1v) is 7.41. The van der Waals surface area contributed by atoms with Gasteiger partial charge in [0.05, 0.1) is 22.8 Å². The van der Waals surface area contributed by atoms with Crippen LogP contribution in [0.5, 0.6) is 0 Å². The van der Waals surface area contributed by atoms with Crippen LogP contribution in [-0.4, -0.2) is 35.4 Å². The summed E-state index contributed by atoms with van der Waals surface area (Å²) in [6.45, 7) is 3.46. The molecule has 3 rings (SSSR count). The van der Waals surface area contributed by atoms with Gasteiger partial charge < -0.3 is 15.4 Å². The van der Waals surface area contributed by atoms with E-state index in [1.54, 1.807) is 11.6 Å². The van der Waals surface area contributed by atoms with E-state index in [2.05, 4.69) is 20.5 Å². The first kappa shape index (κ1) is 16.3. The number of aryl methyl sites for hydroxylation is 1. The maximum absolute atomic E-state index is 12.2. The van der Waals surface area contributed by atoms with Crippen molar-refractivity contribution in [1.29, 1.82) is 0 Å². The first-order chi connectivity index (χ1) is 12.0. The zero-order valence-electron chi connectivity index (χ0n) is 13.6. The number of carbonyl (C=O) groups excluding carboxylic acids is 1. The first-order valence-electron chi connectivity index (χ1n) is 7.41. The van der Waals surface area contributed by atoms with Gasteiger partial charge in [-0.05, 0) is 30.9 Å². The van der Waals surface area contributed by atoms with Gasteiger partial charge in [-0.1, -0.05) is 23.2 Å². The summed E-state index contributed by atoms with van der Waals surface area (Å²) in [5, 5.41) is 21.4. The Hall–Kier alpha value is -3.56. The number of benzene rings is 1. The van der Waals surface area contributed by atoms with E-state index >= 15 is 0 Å². The molecule has 0 aliphatic heterocycles. The number of aromatic nitrogens is 5. The van der Waals surface area contributed by atoms with Gasteiger partial charge in [0.2, 0.25) is 12.2 Å². The SMILES string of the molecule is Cc1nn(-c2ccccc2)c(C)c1NC(=O)Cn1cnc([N+](=O)[O-])n1. The quantitative estimate of drug-likeness (QED) is 0.556. The van der Waals surface area contributed by atoms with Gasteiger partial charge >= 0.3 is 5.95 Å². The van der Waals surface area contributed by atoms with Gasteiger partial charge in [-0.15, -0.1) is 0 Å². The zero-order valence-corrected chi connectivity index (χ0v) is 13.6. The van der Waals surface area contributed by atoms with E-state index in [1.165, 1.54) is 0 Å². The lowest BCUT2D eigenvalue weighted by Gasteiger charge is -2.06. The van der Waals surface area contributed by atoms with Crippen LogP contribution in [0.4, 0.5) is 11.6 Å². The van der Waals surface area contributed by atoms with Gasteiger partial charge in [0.25, 0.3) is 0 Å². The molecule has 10 heteroatoms. The fourth-order valence-corrected chi connectivity index (χ4v) is 2.41. The second-order valence-corrected chi connectivity index (χ2v) is 5.34. The summed E-state index contributed by atoms with van der Waals surface area (Å²) in [6.07, 6.45) is 1.14. The van der Waals surface area contributed by atoms with Gasteiger partial charge in [-0.25, -0.2) is 4.68 Å². The van der Waals surface area contributed by atoms with Gasteiger partial charge in [-0.3, -0.25) is 4.79 Å². The smallest absolute Gasteiger partial charge is 0.390 e. The highest BCUT2D eigenvalue weighted by Gasteiger charge is 2.18. The number of hydrogen-bond donors (Lipinski definition) is 1. The van der Waals surface area contributed by atoms with E-state index in [-0.39, 0.29) is 12.5 Å². The minimum absolute atomic E-state index is 0.184. The molecule has 0 radical (unpaired) electrons. The third kappa shape index (κ3) is 3.37. The molecule has 3 aromatic rings. The second kappa shape index (κ2) is 6.51. The highest BCUT2D eigenvalue weighted by molar-refractivity contribution is 5.91. The molecule has 1 amide bonds. The second-order valence-electron chi connectivity index (χ2n) is 5.34. The maximum atomic E-state index is 12.2. The third-order valence-electron chi connectivity index (χ3n) is 3.55. The van der Waals surface area contributed by atoms with Crippen LogP contribution in [0.1, 0.15) is 11.4 Å². The highest BCUT2D eigenvalue weighted by Crippen LogP contribution is 2.22. The Labute approximate surface area is 142 Å². The summed E-state index contributed by atoms with van der Waals surface area (Å²) in [5.74, 6) is -0.921. The van der Waals surface area contributed by atoms with E-state index in [0.717, 1.165) is 22.4 Å². The molecule has 0 aliphatic rings. The molecule has 0 fully saturated rings.